The van der Waals surface area contributed by atoms with E-state index in [1.54, 1.807) is 0 Å². The number of rotatable bonds is 9. The van der Waals surface area contributed by atoms with Gasteiger partial charge in [-0.1, -0.05) is 44.3 Å². The number of benzene rings is 1. The lowest BCUT2D eigenvalue weighted by Gasteiger charge is -2.38. The highest BCUT2D eigenvalue weighted by Gasteiger charge is 2.34. The van der Waals surface area contributed by atoms with Crippen LogP contribution in [0.4, 0.5) is 22.0 Å². The highest BCUT2D eigenvalue weighted by atomic mass is 19.4. The molecule has 0 radical (unpaired) electrons. The Bertz CT molecular complexity index is 733. The van der Waals surface area contributed by atoms with Gasteiger partial charge in [-0.05, 0) is 99.7 Å². The summed E-state index contributed by atoms with van der Waals surface area (Å²) < 4.78 is 68.2. The quantitative estimate of drug-likeness (QED) is 0.198. The predicted octanol–water partition coefficient (Wildman–Crippen LogP) is 9.16. The van der Waals surface area contributed by atoms with E-state index in [1.807, 2.05) is 0 Å². The SMILES string of the molecule is C/C=C/CCCC1CCC(C2CCC(CCc3cc(F)c(OC(F)(F)F)c(F)c3)CC2)CC1. The molecule has 0 unspecified atom stereocenters. The summed E-state index contributed by atoms with van der Waals surface area (Å²) in [6, 6.07) is 1.93. The minimum Gasteiger partial charge on any atom is -0.399 e. The Balaban J connectivity index is 1.38. The Labute approximate surface area is 194 Å². The maximum Gasteiger partial charge on any atom is 0.573 e. The molecule has 0 atom stereocenters. The van der Waals surface area contributed by atoms with Gasteiger partial charge < -0.3 is 4.74 Å². The fraction of sp³-hybridized carbons (Fsp3) is 0.704. The molecular weight excluding hydrogens is 435 g/mol. The van der Waals surface area contributed by atoms with Crippen LogP contribution in [-0.4, -0.2) is 6.36 Å². The van der Waals surface area contributed by atoms with E-state index in [4.69, 9.17) is 0 Å². The zero-order chi connectivity index (χ0) is 23.8. The normalized spacial score (nSPS) is 26.6. The summed E-state index contributed by atoms with van der Waals surface area (Å²) >= 11 is 0. The number of aryl methyl sites for hydroxylation is 1. The third-order valence-electron chi connectivity index (χ3n) is 7.79. The summed E-state index contributed by atoms with van der Waals surface area (Å²) in [5.74, 6) is -0.912. The molecule has 2 saturated carbocycles. The summed E-state index contributed by atoms with van der Waals surface area (Å²) in [4.78, 5) is 0. The number of hydrogen-bond donors (Lipinski definition) is 0. The van der Waals surface area contributed by atoms with Gasteiger partial charge in [0.15, 0.2) is 11.6 Å². The van der Waals surface area contributed by atoms with E-state index in [0.29, 0.717) is 17.9 Å². The second-order valence-electron chi connectivity index (χ2n) is 10.0. The van der Waals surface area contributed by atoms with Crippen LogP contribution < -0.4 is 4.74 Å². The third-order valence-corrected chi connectivity index (χ3v) is 7.79. The van der Waals surface area contributed by atoms with Gasteiger partial charge >= 0.3 is 6.36 Å². The zero-order valence-corrected chi connectivity index (χ0v) is 19.6. The van der Waals surface area contributed by atoms with Crippen molar-refractivity contribution >= 4 is 0 Å². The van der Waals surface area contributed by atoms with Gasteiger partial charge in [-0.3, -0.25) is 0 Å². The molecule has 0 N–H and O–H groups in total. The lowest BCUT2D eigenvalue weighted by molar-refractivity contribution is -0.276. The number of allylic oxidation sites excluding steroid dienone is 2. The highest BCUT2D eigenvalue weighted by Crippen LogP contribution is 2.43. The van der Waals surface area contributed by atoms with Crippen LogP contribution in [0.3, 0.4) is 0 Å². The fourth-order valence-electron chi connectivity index (χ4n) is 5.93. The molecule has 1 aromatic carbocycles. The number of ether oxygens (including phenoxy) is 1. The van der Waals surface area contributed by atoms with E-state index in [2.05, 4.69) is 23.8 Å². The topological polar surface area (TPSA) is 9.23 Å². The molecule has 0 amide bonds. The molecule has 1 aromatic rings. The maximum absolute atomic E-state index is 13.9. The number of hydrogen-bond acceptors (Lipinski definition) is 1. The minimum absolute atomic E-state index is 0.384. The second-order valence-corrected chi connectivity index (χ2v) is 10.0. The molecule has 6 heteroatoms. The maximum atomic E-state index is 13.9. The Kier molecular flexibility index (Phi) is 9.63. The third kappa shape index (κ3) is 8.29. The van der Waals surface area contributed by atoms with Crippen LogP contribution in [0, 0.1) is 35.3 Å². The molecule has 2 aliphatic carbocycles. The summed E-state index contributed by atoms with van der Waals surface area (Å²) in [5, 5.41) is 0. The molecular formula is C27H37F5O. The van der Waals surface area contributed by atoms with E-state index in [1.165, 1.54) is 57.8 Å². The summed E-state index contributed by atoms with van der Waals surface area (Å²) in [6.45, 7) is 2.08. The Hall–Kier alpha value is -1.59. The van der Waals surface area contributed by atoms with Crippen molar-refractivity contribution in [2.24, 2.45) is 23.7 Å². The lowest BCUT2D eigenvalue weighted by atomic mass is 9.68. The second kappa shape index (κ2) is 12.2. The largest absolute Gasteiger partial charge is 0.573 e. The molecule has 33 heavy (non-hydrogen) atoms. The van der Waals surface area contributed by atoms with Gasteiger partial charge in [-0.2, -0.15) is 0 Å². The van der Waals surface area contributed by atoms with E-state index in [9.17, 15) is 22.0 Å². The first-order valence-electron chi connectivity index (χ1n) is 12.6. The molecule has 0 bridgehead atoms. The Morgan fingerprint density at radius 2 is 1.36 bits per heavy atom. The van der Waals surface area contributed by atoms with Gasteiger partial charge in [0, 0.05) is 0 Å². The van der Waals surface area contributed by atoms with Crippen LogP contribution in [0.5, 0.6) is 5.75 Å². The standard InChI is InChI=1S/C27H37F5O/c1-2-3-4-5-6-19-9-13-22(14-10-19)23-15-11-20(12-16-23)7-8-21-17-24(28)26(25(29)18-21)33-27(30,31)32/h2-3,17-20,22-23H,4-16H2,1H3/b3-2+. The Morgan fingerprint density at radius 1 is 0.848 bits per heavy atom. The van der Waals surface area contributed by atoms with Crippen molar-refractivity contribution in [3.8, 4) is 5.75 Å². The number of unbranched alkanes of at least 4 members (excludes halogenated alkanes) is 1. The van der Waals surface area contributed by atoms with Crippen LogP contribution in [-0.2, 0) is 6.42 Å². The molecule has 3 rings (SSSR count). The monoisotopic (exact) mass is 472 g/mol. The molecule has 0 spiro atoms. The molecule has 186 valence electrons. The summed E-state index contributed by atoms with van der Waals surface area (Å²) in [7, 11) is 0. The van der Waals surface area contributed by atoms with Gasteiger partial charge in [0.1, 0.15) is 0 Å². The van der Waals surface area contributed by atoms with Crippen molar-refractivity contribution in [2.75, 3.05) is 0 Å². The van der Waals surface area contributed by atoms with E-state index >= 15 is 0 Å². The molecule has 0 aliphatic heterocycles. The van der Waals surface area contributed by atoms with Crippen molar-refractivity contribution in [3.63, 3.8) is 0 Å². The Morgan fingerprint density at radius 3 is 1.85 bits per heavy atom. The van der Waals surface area contributed by atoms with Crippen LogP contribution in [0.25, 0.3) is 0 Å². The van der Waals surface area contributed by atoms with Gasteiger partial charge in [-0.25, -0.2) is 8.78 Å². The first-order chi connectivity index (χ1) is 15.7. The molecule has 0 heterocycles. The van der Waals surface area contributed by atoms with Crippen molar-refractivity contribution in [1.82, 2.24) is 0 Å². The predicted molar refractivity (Wildman–Crippen MR) is 121 cm³/mol. The van der Waals surface area contributed by atoms with Crippen molar-refractivity contribution in [2.45, 2.75) is 96.8 Å². The van der Waals surface area contributed by atoms with Gasteiger partial charge in [-0.15, -0.1) is 13.2 Å². The van der Waals surface area contributed by atoms with Gasteiger partial charge in [0.2, 0.25) is 5.75 Å². The fourth-order valence-corrected chi connectivity index (χ4v) is 5.93. The first kappa shape index (κ1) is 26.0. The van der Waals surface area contributed by atoms with Gasteiger partial charge in [0.05, 0.1) is 0 Å². The van der Waals surface area contributed by atoms with E-state index in [-0.39, 0.29) is 0 Å². The van der Waals surface area contributed by atoms with Crippen LogP contribution in [0.1, 0.15) is 89.5 Å². The van der Waals surface area contributed by atoms with Crippen molar-refractivity contribution < 1.29 is 26.7 Å². The number of halogens is 5. The van der Waals surface area contributed by atoms with E-state index in [0.717, 1.165) is 49.1 Å². The smallest absolute Gasteiger partial charge is 0.399 e. The van der Waals surface area contributed by atoms with Crippen molar-refractivity contribution in [1.29, 1.82) is 0 Å². The minimum atomic E-state index is -5.12. The van der Waals surface area contributed by atoms with Crippen LogP contribution in [0.2, 0.25) is 0 Å². The summed E-state index contributed by atoms with van der Waals surface area (Å²) in [5.41, 5.74) is 0.384. The number of alkyl halides is 3. The molecule has 0 saturated heterocycles. The van der Waals surface area contributed by atoms with E-state index < -0.39 is 23.7 Å². The van der Waals surface area contributed by atoms with Crippen LogP contribution >= 0.6 is 0 Å². The first-order valence-corrected chi connectivity index (χ1v) is 12.6. The van der Waals surface area contributed by atoms with Crippen LogP contribution in [0.15, 0.2) is 24.3 Å². The molecule has 1 nitrogen and oxygen atoms in total. The lowest BCUT2D eigenvalue weighted by Crippen LogP contribution is -2.26. The molecule has 0 aromatic heterocycles. The molecule has 2 fully saturated rings. The summed E-state index contributed by atoms with van der Waals surface area (Å²) in [6.07, 6.45) is 14.6. The average Bonchev–Trinajstić information content (AvgIpc) is 2.78. The average molecular weight is 473 g/mol. The highest BCUT2D eigenvalue weighted by molar-refractivity contribution is 5.31. The van der Waals surface area contributed by atoms with Crippen molar-refractivity contribution in [3.05, 3.63) is 41.5 Å². The van der Waals surface area contributed by atoms with Gasteiger partial charge in [0.25, 0.3) is 0 Å². The molecule has 2 aliphatic rings. The zero-order valence-electron chi connectivity index (χ0n) is 19.6.